The molecule has 2 unspecified atom stereocenters. The molecular weight excluding hydrogens is 217 g/mol. The molecule has 2 rings (SSSR count). The predicted octanol–water partition coefficient (Wildman–Crippen LogP) is 2.38. The first-order chi connectivity index (χ1) is 8.13. The quantitative estimate of drug-likeness (QED) is 0.874. The Balaban J connectivity index is 2.27. The molecule has 0 aliphatic carbocycles. The summed E-state index contributed by atoms with van der Waals surface area (Å²) in [5, 5.41) is 0. The van der Waals surface area contributed by atoms with E-state index < -0.39 is 0 Å². The molecule has 92 valence electrons. The van der Waals surface area contributed by atoms with Crippen LogP contribution in [0.2, 0.25) is 0 Å². The van der Waals surface area contributed by atoms with Crippen molar-refractivity contribution in [2.24, 2.45) is 16.6 Å². The normalized spacial score (nSPS) is 21.5. The highest BCUT2D eigenvalue weighted by molar-refractivity contribution is 5.97. The van der Waals surface area contributed by atoms with Crippen LogP contribution < -0.4 is 10.6 Å². The van der Waals surface area contributed by atoms with E-state index in [1.54, 1.807) is 12.1 Å². The monoisotopic (exact) mass is 235 g/mol. The first-order valence-electron chi connectivity index (χ1n) is 5.98. The highest BCUT2D eigenvalue weighted by Gasteiger charge is 2.30. The number of nitrogens with zero attached hydrogens (tertiary/aromatic N) is 2. The van der Waals surface area contributed by atoms with E-state index in [1.807, 2.05) is 4.90 Å². The van der Waals surface area contributed by atoms with Crippen molar-refractivity contribution in [1.29, 1.82) is 0 Å². The van der Waals surface area contributed by atoms with Gasteiger partial charge in [-0.2, -0.15) is 0 Å². The van der Waals surface area contributed by atoms with E-state index in [2.05, 4.69) is 18.8 Å². The second kappa shape index (κ2) is 4.73. The lowest BCUT2D eigenvalue weighted by atomic mass is 9.98. The molecule has 1 heterocycles. The highest BCUT2D eigenvalue weighted by atomic mass is 19.1. The van der Waals surface area contributed by atoms with Crippen LogP contribution in [0.1, 0.15) is 20.3 Å². The van der Waals surface area contributed by atoms with Crippen LogP contribution in [0.5, 0.6) is 0 Å². The Morgan fingerprint density at radius 1 is 1.47 bits per heavy atom. The van der Waals surface area contributed by atoms with Crippen molar-refractivity contribution in [2.75, 3.05) is 11.4 Å². The molecule has 1 aliphatic rings. The van der Waals surface area contributed by atoms with E-state index in [0.717, 1.165) is 18.7 Å². The fourth-order valence-corrected chi connectivity index (χ4v) is 2.15. The summed E-state index contributed by atoms with van der Waals surface area (Å²) in [6.07, 6.45) is 1.07. The zero-order valence-corrected chi connectivity index (χ0v) is 10.2. The Kier molecular flexibility index (Phi) is 3.31. The van der Waals surface area contributed by atoms with Crippen LogP contribution >= 0.6 is 0 Å². The van der Waals surface area contributed by atoms with Gasteiger partial charge >= 0.3 is 0 Å². The van der Waals surface area contributed by atoms with Gasteiger partial charge in [0.2, 0.25) is 0 Å². The van der Waals surface area contributed by atoms with Crippen LogP contribution in [-0.4, -0.2) is 18.5 Å². The third-order valence-corrected chi connectivity index (χ3v) is 3.42. The lowest BCUT2D eigenvalue weighted by Crippen LogP contribution is -2.44. The molecule has 0 aromatic heterocycles. The molecule has 17 heavy (non-hydrogen) atoms. The van der Waals surface area contributed by atoms with Crippen LogP contribution in [0.25, 0.3) is 0 Å². The van der Waals surface area contributed by atoms with Crippen molar-refractivity contribution < 1.29 is 4.39 Å². The van der Waals surface area contributed by atoms with E-state index in [4.69, 9.17) is 5.73 Å². The molecule has 1 aliphatic heterocycles. The maximum atomic E-state index is 12.9. The molecule has 3 nitrogen and oxygen atoms in total. The van der Waals surface area contributed by atoms with E-state index in [1.165, 1.54) is 12.1 Å². The summed E-state index contributed by atoms with van der Waals surface area (Å²) in [7, 11) is 0. The zero-order valence-electron chi connectivity index (χ0n) is 10.2. The summed E-state index contributed by atoms with van der Waals surface area (Å²) < 4.78 is 12.9. The third-order valence-electron chi connectivity index (χ3n) is 3.42. The molecule has 2 atom stereocenters. The van der Waals surface area contributed by atoms with Gasteiger partial charge < -0.3 is 10.6 Å². The minimum Gasteiger partial charge on any atom is -0.370 e. The molecule has 0 fully saturated rings. The van der Waals surface area contributed by atoms with Gasteiger partial charge in [-0.05, 0) is 30.2 Å². The van der Waals surface area contributed by atoms with Gasteiger partial charge in [0.1, 0.15) is 5.82 Å². The van der Waals surface area contributed by atoms with Crippen molar-refractivity contribution >= 4 is 11.6 Å². The lowest BCUT2D eigenvalue weighted by Gasteiger charge is -2.30. The van der Waals surface area contributed by atoms with Crippen molar-refractivity contribution in [3.8, 4) is 0 Å². The Morgan fingerprint density at radius 3 is 2.71 bits per heavy atom. The number of rotatable bonds is 3. The molecule has 0 saturated carbocycles. The Morgan fingerprint density at radius 2 is 2.12 bits per heavy atom. The van der Waals surface area contributed by atoms with Crippen molar-refractivity contribution in [3.05, 3.63) is 30.1 Å². The fourth-order valence-electron chi connectivity index (χ4n) is 2.15. The summed E-state index contributed by atoms with van der Waals surface area (Å²) in [5.74, 6) is 0.801. The topological polar surface area (TPSA) is 41.6 Å². The van der Waals surface area contributed by atoms with Gasteiger partial charge in [-0.25, -0.2) is 4.39 Å². The van der Waals surface area contributed by atoms with E-state index in [0.29, 0.717) is 11.9 Å². The first kappa shape index (κ1) is 11.9. The molecule has 1 aromatic rings. The third kappa shape index (κ3) is 2.25. The van der Waals surface area contributed by atoms with E-state index >= 15 is 0 Å². The van der Waals surface area contributed by atoms with Gasteiger partial charge in [0.05, 0.1) is 12.6 Å². The number of guanidine groups is 1. The second-order valence-electron chi connectivity index (χ2n) is 4.50. The molecule has 0 radical (unpaired) electrons. The number of nitrogens with two attached hydrogens (primary N) is 1. The summed E-state index contributed by atoms with van der Waals surface area (Å²) in [4.78, 5) is 6.30. The molecular formula is C13H18FN3. The Labute approximate surface area is 101 Å². The molecule has 1 aromatic carbocycles. The number of anilines is 1. The smallest absolute Gasteiger partial charge is 0.196 e. The summed E-state index contributed by atoms with van der Waals surface area (Å²) >= 11 is 0. The average molecular weight is 235 g/mol. The lowest BCUT2D eigenvalue weighted by molar-refractivity contribution is 0.462. The van der Waals surface area contributed by atoms with Crippen LogP contribution in [-0.2, 0) is 0 Å². The van der Waals surface area contributed by atoms with Crippen molar-refractivity contribution in [1.82, 2.24) is 0 Å². The highest BCUT2D eigenvalue weighted by Crippen LogP contribution is 2.26. The van der Waals surface area contributed by atoms with Gasteiger partial charge in [0.15, 0.2) is 5.96 Å². The molecule has 4 heteroatoms. The number of hydrogen-bond donors (Lipinski definition) is 1. The minimum atomic E-state index is -0.233. The van der Waals surface area contributed by atoms with Crippen molar-refractivity contribution in [3.63, 3.8) is 0 Å². The molecule has 0 amide bonds. The van der Waals surface area contributed by atoms with Gasteiger partial charge in [0, 0.05) is 5.69 Å². The van der Waals surface area contributed by atoms with Gasteiger partial charge in [-0.15, -0.1) is 0 Å². The number of benzene rings is 1. The average Bonchev–Trinajstić information content (AvgIpc) is 2.71. The maximum absolute atomic E-state index is 12.9. The molecule has 0 bridgehead atoms. The molecule has 0 saturated heterocycles. The first-order valence-corrected chi connectivity index (χ1v) is 5.98. The Bertz CT molecular complexity index is 413. The number of aliphatic imine (C=N–C) groups is 1. The van der Waals surface area contributed by atoms with Crippen LogP contribution in [0.15, 0.2) is 29.3 Å². The minimum absolute atomic E-state index is 0.233. The number of hydrogen-bond acceptors (Lipinski definition) is 3. The second-order valence-corrected chi connectivity index (χ2v) is 4.50. The van der Waals surface area contributed by atoms with Gasteiger partial charge in [0.25, 0.3) is 0 Å². The summed E-state index contributed by atoms with van der Waals surface area (Å²) in [6.45, 7) is 5.07. The van der Waals surface area contributed by atoms with E-state index in [9.17, 15) is 4.39 Å². The number of halogens is 1. The predicted molar refractivity (Wildman–Crippen MR) is 68.6 cm³/mol. The van der Waals surface area contributed by atoms with Crippen molar-refractivity contribution in [2.45, 2.75) is 26.3 Å². The summed E-state index contributed by atoms with van der Waals surface area (Å²) in [5.41, 5.74) is 6.83. The SMILES string of the molecule is CCC(C)C1CN=C(N)N1c1ccc(F)cc1. The molecule has 2 N–H and O–H groups in total. The fraction of sp³-hybridized carbons (Fsp3) is 0.462. The maximum Gasteiger partial charge on any atom is 0.196 e. The Hall–Kier alpha value is -1.58. The summed E-state index contributed by atoms with van der Waals surface area (Å²) in [6, 6.07) is 6.69. The largest absolute Gasteiger partial charge is 0.370 e. The van der Waals surface area contributed by atoms with E-state index in [-0.39, 0.29) is 11.9 Å². The van der Waals surface area contributed by atoms with Crippen LogP contribution in [0, 0.1) is 11.7 Å². The molecule has 0 spiro atoms. The van der Waals surface area contributed by atoms with Gasteiger partial charge in [-0.1, -0.05) is 20.3 Å². The van der Waals surface area contributed by atoms with Gasteiger partial charge in [-0.3, -0.25) is 4.99 Å². The van der Waals surface area contributed by atoms with Crippen LogP contribution in [0.3, 0.4) is 0 Å². The zero-order chi connectivity index (χ0) is 12.4. The van der Waals surface area contributed by atoms with Crippen LogP contribution in [0.4, 0.5) is 10.1 Å². The standard InChI is InChI=1S/C13H18FN3/c1-3-9(2)12-8-16-13(15)17(12)11-6-4-10(14)5-7-11/h4-7,9,12H,3,8H2,1-2H3,(H2,15,16).